The summed E-state index contributed by atoms with van der Waals surface area (Å²) in [5, 5.41) is 0. The van der Waals surface area contributed by atoms with Crippen LogP contribution in [-0.2, 0) is 28.6 Å². The van der Waals surface area contributed by atoms with Gasteiger partial charge in [-0.3, -0.25) is 14.4 Å². The van der Waals surface area contributed by atoms with Crippen LogP contribution >= 0.6 is 0 Å². The van der Waals surface area contributed by atoms with Crippen LogP contribution in [0.1, 0.15) is 285 Å². The standard InChI is InChI=1S/C51H98O6/c1-5-7-9-11-13-15-22-27-30-34-38-42-49(52)55-45-48(57-51(54)44-40-36-32-26-16-14-12-10-8-6-2)46-56-50(53)43-39-35-31-28-24-21-19-17-18-20-23-25-29-33-37-41-47(3)4/h47-48H,5-46H2,1-4H3/t48-/m1/s1. The fourth-order valence-corrected chi connectivity index (χ4v) is 7.69. The molecule has 0 fully saturated rings. The molecule has 0 amide bonds. The number of esters is 3. The van der Waals surface area contributed by atoms with Gasteiger partial charge in [0.2, 0.25) is 0 Å². The van der Waals surface area contributed by atoms with E-state index in [0.717, 1.165) is 63.7 Å². The van der Waals surface area contributed by atoms with Crippen LogP contribution in [0.4, 0.5) is 0 Å². The molecule has 0 N–H and O–H groups in total. The molecule has 0 saturated carbocycles. The van der Waals surface area contributed by atoms with Crippen molar-refractivity contribution >= 4 is 17.9 Å². The summed E-state index contributed by atoms with van der Waals surface area (Å²) in [6.45, 7) is 9.02. The maximum absolute atomic E-state index is 12.7. The van der Waals surface area contributed by atoms with Crippen LogP contribution in [0.15, 0.2) is 0 Å². The molecule has 0 aromatic heterocycles. The van der Waals surface area contributed by atoms with Crippen LogP contribution in [0, 0.1) is 5.92 Å². The molecule has 0 heterocycles. The number of carbonyl (C=O) groups excluding carboxylic acids is 3. The van der Waals surface area contributed by atoms with E-state index in [4.69, 9.17) is 14.2 Å². The van der Waals surface area contributed by atoms with Crippen LogP contribution in [-0.4, -0.2) is 37.2 Å². The molecule has 0 aliphatic rings. The smallest absolute Gasteiger partial charge is 0.306 e. The van der Waals surface area contributed by atoms with E-state index in [1.165, 1.54) is 180 Å². The van der Waals surface area contributed by atoms with Gasteiger partial charge >= 0.3 is 17.9 Å². The third-order valence-corrected chi connectivity index (χ3v) is 11.5. The molecule has 0 aromatic carbocycles. The summed E-state index contributed by atoms with van der Waals surface area (Å²) in [5.74, 6) is 0.00128. The molecule has 0 unspecified atom stereocenters. The lowest BCUT2D eigenvalue weighted by molar-refractivity contribution is -0.167. The highest BCUT2D eigenvalue weighted by atomic mass is 16.6. The number of hydrogen-bond donors (Lipinski definition) is 0. The SMILES string of the molecule is CCCCCCCCCCCCCC(=O)OC[C@H](COC(=O)CCCCCCCCCCCCCCCCCC(C)C)OC(=O)CCCCCCCCCCCC. The van der Waals surface area contributed by atoms with Gasteiger partial charge in [-0.2, -0.15) is 0 Å². The first-order chi connectivity index (χ1) is 27.9. The fourth-order valence-electron chi connectivity index (χ4n) is 7.69. The predicted molar refractivity (Wildman–Crippen MR) is 243 cm³/mol. The van der Waals surface area contributed by atoms with Crippen LogP contribution in [0.2, 0.25) is 0 Å². The highest BCUT2D eigenvalue weighted by molar-refractivity contribution is 5.71. The molecule has 0 aromatic rings. The maximum atomic E-state index is 12.7. The molecule has 1 atom stereocenters. The molecule has 338 valence electrons. The minimum atomic E-state index is -0.759. The third kappa shape index (κ3) is 45.3. The van der Waals surface area contributed by atoms with Crippen molar-refractivity contribution in [2.75, 3.05) is 13.2 Å². The molecule has 0 radical (unpaired) electrons. The number of hydrogen-bond acceptors (Lipinski definition) is 6. The molecule has 6 heteroatoms. The minimum absolute atomic E-state index is 0.0629. The first-order valence-corrected chi connectivity index (χ1v) is 25.4. The van der Waals surface area contributed by atoms with Gasteiger partial charge in [-0.25, -0.2) is 0 Å². The summed E-state index contributed by atoms with van der Waals surface area (Å²) in [7, 11) is 0. The summed E-state index contributed by atoms with van der Waals surface area (Å²) in [6, 6.07) is 0. The normalized spacial score (nSPS) is 11.9. The Balaban J connectivity index is 4.23. The monoisotopic (exact) mass is 807 g/mol. The fraction of sp³-hybridized carbons (Fsp3) is 0.941. The Morgan fingerprint density at radius 2 is 0.579 bits per heavy atom. The second kappa shape index (κ2) is 45.5. The van der Waals surface area contributed by atoms with Crippen molar-refractivity contribution in [2.24, 2.45) is 5.92 Å². The summed E-state index contributed by atoms with van der Waals surface area (Å²) >= 11 is 0. The highest BCUT2D eigenvalue weighted by Gasteiger charge is 2.19. The van der Waals surface area contributed by atoms with E-state index in [2.05, 4.69) is 27.7 Å². The molecule has 0 saturated heterocycles. The van der Waals surface area contributed by atoms with E-state index in [1.54, 1.807) is 0 Å². The van der Waals surface area contributed by atoms with E-state index in [9.17, 15) is 14.4 Å². The minimum Gasteiger partial charge on any atom is -0.462 e. The molecule has 0 bridgehead atoms. The molecule has 0 aliphatic carbocycles. The van der Waals surface area contributed by atoms with Crippen molar-refractivity contribution in [3.8, 4) is 0 Å². The Morgan fingerprint density at radius 3 is 0.860 bits per heavy atom. The van der Waals surface area contributed by atoms with Crippen molar-refractivity contribution in [1.29, 1.82) is 0 Å². The molecule has 57 heavy (non-hydrogen) atoms. The lowest BCUT2D eigenvalue weighted by Crippen LogP contribution is -2.30. The molecule has 0 spiro atoms. The first-order valence-electron chi connectivity index (χ1n) is 25.4. The van der Waals surface area contributed by atoms with Gasteiger partial charge in [-0.1, -0.05) is 246 Å². The topological polar surface area (TPSA) is 78.9 Å². The Labute approximate surface area is 355 Å². The summed E-state index contributed by atoms with van der Waals surface area (Å²) < 4.78 is 16.8. The van der Waals surface area contributed by atoms with Crippen LogP contribution in [0.25, 0.3) is 0 Å². The quantitative estimate of drug-likeness (QED) is 0.0346. The molecular weight excluding hydrogens is 709 g/mol. The summed E-state index contributed by atoms with van der Waals surface area (Å²) in [4.78, 5) is 37.8. The zero-order valence-corrected chi connectivity index (χ0v) is 38.8. The second-order valence-corrected chi connectivity index (χ2v) is 17.9. The van der Waals surface area contributed by atoms with Gasteiger partial charge in [0.05, 0.1) is 0 Å². The zero-order chi connectivity index (χ0) is 41.7. The van der Waals surface area contributed by atoms with Gasteiger partial charge in [0.25, 0.3) is 0 Å². The lowest BCUT2D eigenvalue weighted by atomic mass is 10.0. The maximum Gasteiger partial charge on any atom is 0.306 e. The summed E-state index contributed by atoms with van der Waals surface area (Å²) in [6.07, 6.45) is 46.6. The Morgan fingerprint density at radius 1 is 0.333 bits per heavy atom. The van der Waals surface area contributed by atoms with E-state index >= 15 is 0 Å². The average molecular weight is 807 g/mol. The van der Waals surface area contributed by atoms with Gasteiger partial charge in [-0.05, 0) is 25.2 Å². The van der Waals surface area contributed by atoms with Crippen LogP contribution in [0.5, 0.6) is 0 Å². The molecule has 0 rings (SSSR count). The number of rotatable bonds is 46. The highest BCUT2D eigenvalue weighted by Crippen LogP contribution is 2.17. The lowest BCUT2D eigenvalue weighted by Gasteiger charge is -2.18. The number of ether oxygens (including phenoxy) is 3. The Bertz CT molecular complexity index is 857. The molecular formula is C51H98O6. The van der Waals surface area contributed by atoms with Crippen molar-refractivity contribution < 1.29 is 28.6 Å². The van der Waals surface area contributed by atoms with E-state index in [0.29, 0.717) is 19.3 Å². The van der Waals surface area contributed by atoms with Gasteiger partial charge in [0, 0.05) is 19.3 Å². The molecule has 6 nitrogen and oxygen atoms in total. The first kappa shape index (κ1) is 55.4. The zero-order valence-electron chi connectivity index (χ0n) is 38.8. The van der Waals surface area contributed by atoms with Crippen LogP contribution < -0.4 is 0 Å². The number of carbonyl (C=O) groups is 3. The van der Waals surface area contributed by atoms with Crippen molar-refractivity contribution in [3.63, 3.8) is 0 Å². The van der Waals surface area contributed by atoms with Crippen molar-refractivity contribution in [2.45, 2.75) is 291 Å². The van der Waals surface area contributed by atoms with E-state index in [-0.39, 0.29) is 31.1 Å². The average Bonchev–Trinajstić information content (AvgIpc) is 3.19. The van der Waals surface area contributed by atoms with Gasteiger partial charge < -0.3 is 14.2 Å². The van der Waals surface area contributed by atoms with Gasteiger partial charge in [-0.15, -0.1) is 0 Å². The van der Waals surface area contributed by atoms with Crippen LogP contribution in [0.3, 0.4) is 0 Å². The van der Waals surface area contributed by atoms with E-state index < -0.39 is 6.10 Å². The van der Waals surface area contributed by atoms with Crippen molar-refractivity contribution in [1.82, 2.24) is 0 Å². The third-order valence-electron chi connectivity index (χ3n) is 11.5. The van der Waals surface area contributed by atoms with Crippen molar-refractivity contribution in [3.05, 3.63) is 0 Å². The van der Waals surface area contributed by atoms with E-state index in [1.807, 2.05) is 0 Å². The molecule has 0 aliphatic heterocycles. The summed E-state index contributed by atoms with van der Waals surface area (Å²) in [5.41, 5.74) is 0. The predicted octanol–water partition coefficient (Wildman–Crippen LogP) is 16.3. The second-order valence-electron chi connectivity index (χ2n) is 17.9. The Hall–Kier alpha value is -1.59. The largest absolute Gasteiger partial charge is 0.462 e. The van der Waals surface area contributed by atoms with Gasteiger partial charge in [0.1, 0.15) is 13.2 Å². The number of unbranched alkanes of at least 4 members (excludes halogenated alkanes) is 33. The van der Waals surface area contributed by atoms with Gasteiger partial charge in [0.15, 0.2) is 6.10 Å². The Kier molecular flexibility index (Phi) is 44.2.